The second-order valence-electron chi connectivity index (χ2n) is 5.50. The van der Waals surface area contributed by atoms with Gasteiger partial charge in [-0.05, 0) is 37.5 Å². The summed E-state index contributed by atoms with van der Waals surface area (Å²) in [6.45, 7) is 6.18. The average Bonchev–Trinajstić information content (AvgIpc) is 2.44. The molecule has 0 saturated carbocycles. The molecule has 0 bridgehead atoms. The fraction of sp³-hybridized carbons (Fsp3) is 0.529. The van der Waals surface area contributed by atoms with E-state index in [4.69, 9.17) is 0 Å². The van der Waals surface area contributed by atoms with Gasteiger partial charge in [-0.25, -0.2) is 0 Å². The lowest BCUT2D eigenvalue weighted by molar-refractivity contribution is -0.133. The first-order chi connectivity index (χ1) is 9.95. The molecular weight excluding hydrogens is 264 g/mol. The van der Waals surface area contributed by atoms with Crippen molar-refractivity contribution in [2.75, 3.05) is 18.9 Å². The number of aryl methyl sites for hydroxylation is 1. The molecule has 0 aliphatic carbocycles. The van der Waals surface area contributed by atoms with Gasteiger partial charge in [0.2, 0.25) is 11.8 Å². The Hall–Kier alpha value is -1.84. The number of unbranched alkanes of at least 4 members (excludes halogenated alkanes) is 2. The highest BCUT2D eigenvalue weighted by atomic mass is 16.2. The molecule has 1 rings (SSSR count). The van der Waals surface area contributed by atoms with Gasteiger partial charge in [0.25, 0.3) is 0 Å². The average molecular weight is 290 g/mol. The van der Waals surface area contributed by atoms with E-state index in [-0.39, 0.29) is 18.4 Å². The van der Waals surface area contributed by atoms with Crippen molar-refractivity contribution in [3.63, 3.8) is 0 Å². The first kappa shape index (κ1) is 17.2. The second-order valence-corrected chi connectivity index (χ2v) is 5.50. The highest BCUT2D eigenvalue weighted by Crippen LogP contribution is 2.17. The smallest absolute Gasteiger partial charge is 0.243 e. The summed E-state index contributed by atoms with van der Waals surface area (Å²) in [7, 11) is 1.68. The molecule has 0 spiro atoms. The zero-order chi connectivity index (χ0) is 15.8. The number of likely N-dealkylation sites (N-methyl/N-ethyl adjacent to an activating group) is 1. The van der Waals surface area contributed by atoms with Crippen LogP contribution in [0.3, 0.4) is 0 Å². The molecule has 21 heavy (non-hydrogen) atoms. The summed E-state index contributed by atoms with van der Waals surface area (Å²) in [6, 6.07) is 5.80. The van der Waals surface area contributed by atoms with E-state index in [1.807, 2.05) is 32.0 Å². The van der Waals surface area contributed by atoms with Crippen LogP contribution in [0, 0.1) is 13.8 Å². The molecule has 0 saturated heterocycles. The van der Waals surface area contributed by atoms with E-state index in [0.717, 1.165) is 36.1 Å². The molecule has 116 valence electrons. The Morgan fingerprint density at radius 3 is 2.57 bits per heavy atom. The summed E-state index contributed by atoms with van der Waals surface area (Å²) >= 11 is 0. The molecule has 0 fully saturated rings. The first-order valence-corrected chi connectivity index (χ1v) is 7.55. The van der Waals surface area contributed by atoms with Crippen LogP contribution >= 0.6 is 0 Å². The van der Waals surface area contributed by atoms with Crippen LogP contribution in [0.25, 0.3) is 0 Å². The SMILES string of the molecule is CCCCCC(=O)N(C)CC(=O)Nc1cccc(C)c1C. The Bertz CT molecular complexity index is 498. The van der Waals surface area contributed by atoms with E-state index >= 15 is 0 Å². The third kappa shape index (κ3) is 5.58. The second kappa shape index (κ2) is 8.45. The number of rotatable bonds is 7. The number of nitrogens with zero attached hydrogens (tertiary/aromatic N) is 1. The third-order valence-corrected chi connectivity index (χ3v) is 3.68. The molecular formula is C17H26N2O2. The molecule has 1 aromatic rings. The molecule has 0 atom stereocenters. The van der Waals surface area contributed by atoms with Gasteiger partial charge in [0.15, 0.2) is 0 Å². The van der Waals surface area contributed by atoms with Crippen LogP contribution < -0.4 is 5.32 Å². The number of carbonyl (C=O) groups excluding carboxylic acids is 2. The number of anilines is 1. The minimum atomic E-state index is -0.157. The fourth-order valence-electron chi connectivity index (χ4n) is 2.10. The quantitative estimate of drug-likeness (QED) is 0.783. The van der Waals surface area contributed by atoms with E-state index in [2.05, 4.69) is 12.2 Å². The van der Waals surface area contributed by atoms with Crippen LogP contribution in [0.4, 0.5) is 5.69 Å². The predicted octanol–water partition coefficient (Wildman–Crippen LogP) is 3.28. The summed E-state index contributed by atoms with van der Waals surface area (Å²) in [4.78, 5) is 25.4. The van der Waals surface area contributed by atoms with Gasteiger partial charge in [-0.2, -0.15) is 0 Å². The summed E-state index contributed by atoms with van der Waals surface area (Å²) < 4.78 is 0. The Labute approximate surface area is 127 Å². The molecule has 4 heteroatoms. The summed E-state index contributed by atoms with van der Waals surface area (Å²) in [5, 5.41) is 2.87. The zero-order valence-corrected chi connectivity index (χ0v) is 13.5. The van der Waals surface area contributed by atoms with Crippen molar-refractivity contribution in [2.24, 2.45) is 0 Å². The first-order valence-electron chi connectivity index (χ1n) is 7.55. The van der Waals surface area contributed by atoms with Gasteiger partial charge >= 0.3 is 0 Å². The van der Waals surface area contributed by atoms with Crippen LogP contribution in [0.5, 0.6) is 0 Å². The Morgan fingerprint density at radius 2 is 1.90 bits per heavy atom. The molecule has 0 aliphatic heterocycles. The van der Waals surface area contributed by atoms with Crippen LogP contribution in [0.1, 0.15) is 43.7 Å². The maximum Gasteiger partial charge on any atom is 0.243 e. The van der Waals surface area contributed by atoms with Gasteiger partial charge in [-0.1, -0.05) is 31.9 Å². The lowest BCUT2D eigenvalue weighted by Gasteiger charge is -2.17. The number of hydrogen-bond acceptors (Lipinski definition) is 2. The van der Waals surface area contributed by atoms with Gasteiger partial charge in [0, 0.05) is 19.2 Å². The van der Waals surface area contributed by atoms with Gasteiger partial charge in [-0.15, -0.1) is 0 Å². The van der Waals surface area contributed by atoms with Gasteiger partial charge in [-0.3, -0.25) is 9.59 Å². The Balaban J connectivity index is 2.49. The standard InChI is InChI=1S/C17H26N2O2/c1-5-6-7-11-17(21)19(4)12-16(20)18-15-10-8-9-13(2)14(15)3/h8-10H,5-7,11-12H2,1-4H3,(H,18,20). The number of hydrogen-bond donors (Lipinski definition) is 1. The largest absolute Gasteiger partial charge is 0.336 e. The number of carbonyl (C=O) groups is 2. The molecule has 1 aromatic carbocycles. The van der Waals surface area contributed by atoms with Crippen molar-refractivity contribution < 1.29 is 9.59 Å². The van der Waals surface area contributed by atoms with Crippen LogP contribution in [0.15, 0.2) is 18.2 Å². The molecule has 0 aliphatic rings. The molecule has 0 aromatic heterocycles. The monoisotopic (exact) mass is 290 g/mol. The normalized spacial score (nSPS) is 10.3. The zero-order valence-electron chi connectivity index (χ0n) is 13.5. The predicted molar refractivity (Wildman–Crippen MR) is 86.3 cm³/mol. The van der Waals surface area contributed by atoms with Gasteiger partial charge < -0.3 is 10.2 Å². The number of nitrogens with one attached hydrogen (secondary N) is 1. The molecule has 4 nitrogen and oxygen atoms in total. The summed E-state index contributed by atoms with van der Waals surface area (Å²) in [6.07, 6.45) is 3.54. The lowest BCUT2D eigenvalue weighted by atomic mass is 10.1. The highest BCUT2D eigenvalue weighted by molar-refractivity contribution is 5.95. The van der Waals surface area contributed by atoms with Gasteiger partial charge in [0.1, 0.15) is 0 Å². The van der Waals surface area contributed by atoms with Crippen molar-refractivity contribution in [1.82, 2.24) is 4.90 Å². The molecule has 2 amide bonds. The van der Waals surface area contributed by atoms with Crippen molar-refractivity contribution >= 4 is 17.5 Å². The summed E-state index contributed by atoms with van der Waals surface area (Å²) in [5.41, 5.74) is 3.01. The van der Waals surface area contributed by atoms with Gasteiger partial charge in [0.05, 0.1) is 6.54 Å². The Kier molecular flexibility index (Phi) is 6.92. The maximum atomic E-state index is 12.0. The molecule has 0 radical (unpaired) electrons. The van der Waals surface area contributed by atoms with E-state index in [1.54, 1.807) is 7.05 Å². The lowest BCUT2D eigenvalue weighted by Crippen LogP contribution is -2.34. The van der Waals surface area contributed by atoms with Crippen molar-refractivity contribution in [3.05, 3.63) is 29.3 Å². The van der Waals surface area contributed by atoms with Crippen molar-refractivity contribution in [3.8, 4) is 0 Å². The molecule has 1 N–H and O–H groups in total. The van der Waals surface area contributed by atoms with E-state index in [1.165, 1.54) is 4.90 Å². The van der Waals surface area contributed by atoms with Crippen LogP contribution in [0.2, 0.25) is 0 Å². The summed E-state index contributed by atoms with van der Waals surface area (Å²) in [5.74, 6) is -0.130. The van der Waals surface area contributed by atoms with Crippen molar-refractivity contribution in [1.29, 1.82) is 0 Å². The highest BCUT2D eigenvalue weighted by Gasteiger charge is 2.13. The fourth-order valence-corrected chi connectivity index (χ4v) is 2.10. The van der Waals surface area contributed by atoms with E-state index in [9.17, 15) is 9.59 Å². The minimum Gasteiger partial charge on any atom is -0.336 e. The Morgan fingerprint density at radius 1 is 1.19 bits per heavy atom. The van der Waals surface area contributed by atoms with E-state index in [0.29, 0.717) is 6.42 Å². The van der Waals surface area contributed by atoms with Crippen molar-refractivity contribution in [2.45, 2.75) is 46.5 Å². The number of amides is 2. The van der Waals surface area contributed by atoms with Crippen LogP contribution in [-0.2, 0) is 9.59 Å². The maximum absolute atomic E-state index is 12.0. The van der Waals surface area contributed by atoms with Crippen LogP contribution in [-0.4, -0.2) is 30.3 Å². The topological polar surface area (TPSA) is 49.4 Å². The molecule has 0 unspecified atom stereocenters. The van der Waals surface area contributed by atoms with E-state index < -0.39 is 0 Å². The number of benzene rings is 1. The molecule has 0 heterocycles. The third-order valence-electron chi connectivity index (χ3n) is 3.68. The minimum absolute atomic E-state index is 0.0274.